The number of benzene rings is 1. The smallest absolute Gasteiger partial charge is 0.350 e. The number of thiazole rings is 1. The molecular weight excluding hydrogens is 366 g/mol. The number of carbonyl (C=O) groups is 2. The Balaban J connectivity index is 1.51. The van der Waals surface area contributed by atoms with Gasteiger partial charge in [0.2, 0.25) is 0 Å². The maximum absolute atomic E-state index is 12.4. The third-order valence-electron chi connectivity index (χ3n) is 4.47. The highest BCUT2D eigenvalue weighted by atomic mass is 32.1. The molecule has 3 rings (SSSR count). The zero-order valence-electron chi connectivity index (χ0n) is 15.7. The summed E-state index contributed by atoms with van der Waals surface area (Å²) in [6.07, 6.45) is 0. The van der Waals surface area contributed by atoms with Crippen LogP contribution in [0.5, 0.6) is 5.75 Å². The van der Waals surface area contributed by atoms with Crippen molar-refractivity contribution in [2.75, 3.05) is 44.8 Å². The van der Waals surface area contributed by atoms with E-state index < -0.39 is 5.97 Å². The molecule has 7 nitrogen and oxygen atoms in total. The number of rotatable bonds is 5. The first-order valence-corrected chi connectivity index (χ1v) is 9.58. The second-order valence-corrected chi connectivity index (χ2v) is 7.47. The Kier molecular flexibility index (Phi) is 5.95. The molecule has 1 amide bonds. The van der Waals surface area contributed by atoms with Crippen molar-refractivity contribution in [1.29, 1.82) is 0 Å². The lowest BCUT2D eigenvalue weighted by Crippen LogP contribution is -2.50. The van der Waals surface area contributed by atoms with Crippen LogP contribution < -0.4 is 9.64 Å². The number of hydrogen-bond donors (Lipinski definition) is 0. The minimum atomic E-state index is -0.487. The molecule has 0 spiro atoms. The number of aromatic nitrogens is 1. The molecule has 1 fully saturated rings. The van der Waals surface area contributed by atoms with Crippen molar-refractivity contribution in [3.05, 3.63) is 39.8 Å². The molecule has 1 aliphatic rings. The maximum Gasteiger partial charge on any atom is 0.350 e. The SMILES string of the molecule is COc1ccccc1N1CCN(C(=O)COC(=O)c2sc(C)nc2C)CC1. The van der Waals surface area contributed by atoms with E-state index in [-0.39, 0.29) is 12.5 Å². The van der Waals surface area contributed by atoms with Gasteiger partial charge in [-0.1, -0.05) is 12.1 Å². The molecule has 0 N–H and O–H groups in total. The number of para-hydroxylation sites is 2. The van der Waals surface area contributed by atoms with Crippen LogP contribution in [0.4, 0.5) is 5.69 Å². The Hall–Kier alpha value is -2.61. The van der Waals surface area contributed by atoms with E-state index in [0.29, 0.717) is 36.8 Å². The number of esters is 1. The summed E-state index contributed by atoms with van der Waals surface area (Å²) in [4.78, 5) is 33.1. The van der Waals surface area contributed by atoms with Crippen LogP contribution >= 0.6 is 11.3 Å². The van der Waals surface area contributed by atoms with Gasteiger partial charge in [0.15, 0.2) is 6.61 Å². The highest BCUT2D eigenvalue weighted by Gasteiger charge is 2.24. The summed E-state index contributed by atoms with van der Waals surface area (Å²) < 4.78 is 10.6. The highest BCUT2D eigenvalue weighted by Crippen LogP contribution is 2.28. The molecule has 1 aliphatic heterocycles. The summed E-state index contributed by atoms with van der Waals surface area (Å²) in [6, 6.07) is 7.84. The largest absolute Gasteiger partial charge is 0.495 e. The van der Waals surface area contributed by atoms with Gasteiger partial charge in [-0.15, -0.1) is 11.3 Å². The first-order chi connectivity index (χ1) is 13.0. The zero-order chi connectivity index (χ0) is 19.4. The van der Waals surface area contributed by atoms with Crippen LogP contribution in [0.1, 0.15) is 20.4 Å². The van der Waals surface area contributed by atoms with Gasteiger partial charge in [-0.25, -0.2) is 9.78 Å². The second kappa shape index (κ2) is 8.39. The maximum atomic E-state index is 12.4. The fraction of sp³-hybridized carbons (Fsp3) is 0.421. The molecule has 144 valence electrons. The predicted octanol–water partition coefficient (Wildman–Crippen LogP) is 2.27. The Morgan fingerprint density at radius 2 is 1.85 bits per heavy atom. The molecule has 8 heteroatoms. The zero-order valence-corrected chi connectivity index (χ0v) is 16.5. The normalized spacial score (nSPS) is 14.2. The average Bonchev–Trinajstić information content (AvgIpc) is 3.04. The van der Waals surface area contributed by atoms with E-state index in [2.05, 4.69) is 9.88 Å². The van der Waals surface area contributed by atoms with E-state index in [9.17, 15) is 9.59 Å². The standard InChI is InChI=1S/C19H23N3O4S/c1-13-18(27-14(2)20-13)19(24)26-12-17(23)22-10-8-21(9-11-22)15-6-4-5-7-16(15)25-3/h4-7H,8-12H2,1-3H3. The summed E-state index contributed by atoms with van der Waals surface area (Å²) >= 11 is 1.28. The summed E-state index contributed by atoms with van der Waals surface area (Å²) in [5, 5.41) is 0.804. The molecule has 1 aromatic carbocycles. The number of hydrogen-bond acceptors (Lipinski definition) is 7. The van der Waals surface area contributed by atoms with Crippen molar-refractivity contribution < 1.29 is 19.1 Å². The lowest BCUT2D eigenvalue weighted by Gasteiger charge is -2.36. The van der Waals surface area contributed by atoms with Crippen molar-refractivity contribution in [1.82, 2.24) is 9.88 Å². The summed E-state index contributed by atoms with van der Waals surface area (Å²) in [5.41, 5.74) is 1.66. The molecule has 0 aliphatic carbocycles. The predicted molar refractivity (Wildman–Crippen MR) is 104 cm³/mol. The number of amides is 1. The van der Waals surface area contributed by atoms with Crippen LogP contribution in [0.3, 0.4) is 0 Å². The Bertz CT molecular complexity index is 828. The number of piperazine rings is 1. The molecule has 1 aromatic heterocycles. The van der Waals surface area contributed by atoms with Gasteiger partial charge in [0, 0.05) is 26.2 Å². The van der Waals surface area contributed by atoms with E-state index in [4.69, 9.17) is 9.47 Å². The van der Waals surface area contributed by atoms with Gasteiger partial charge in [-0.05, 0) is 26.0 Å². The number of methoxy groups -OCH3 is 1. The van der Waals surface area contributed by atoms with Crippen molar-refractivity contribution in [3.63, 3.8) is 0 Å². The number of aryl methyl sites for hydroxylation is 2. The average molecular weight is 389 g/mol. The van der Waals surface area contributed by atoms with Crippen molar-refractivity contribution >= 4 is 28.9 Å². The fourth-order valence-corrected chi connectivity index (χ4v) is 3.91. The summed E-state index contributed by atoms with van der Waals surface area (Å²) in [6.45, 7) is 5.91. The number of ether oxygens (including phenoxy) is 2. The molecule has 27 heavy (non-hydrogen) atoms. The number of nitrogens with zero attached hydrogens (tertiary/aromatic N) is 3. The fourth-order valence-electron chi connectivity index (χ4n) is 3.09. The summed E-state index contributed by atoms with van der Waals surface area (Å²) in [5.74, 6) is 0.155. The van der Waals surface area contributed by atoms with E-state index in [1.54, 1.807) is 18.9 Å². The topological polar surface area (TPSA) is 72.0 Å². The molecule has 1 saturated heterocycles. The summed E-state index contributed by atoms with van der Waals surface area (Å²) in [7, 11) is 1.65. The number of carbonyl (C=O) groups excluding carboxylic acids is 2. The van der Waals surface area contributed by atoms with Crippen LogP contribution in [0.25, 0.3) is 0 Å². The molecule has 0 atom stereocenters. The van der Waals surface area contributed by atoms with Crippen LogP contribution in [-0.2, 0) is 9.53 Å². The third kappa shape index (κ3) is 4.39. The molecule has 2 aromatic rings. The lowest BCUT2D eigenvalue weighted by molar-refractivity contribution is -0.134. The molecule has 0 unspecified atom stereocenters. The van der Waals surface area contributed by atoms with Crippen molar-refractivity contribution in [3.8, 4) is 5.75 Å². The monoisotopic (exact) mass is 389 g/mol. The lowest BCUT2D eigenvalue weighted by atomic mass is 10.2. The second-order valence-electron chi connectivity index (χ2n) is 6.26. The van der Waals surface area contributed by atoms with E-state index in [0.717, 1.165) is 16.4 Å². The van der Waals surface area contributed by atoms with Gasteiger partial charge in [0.1, 0.15) is 10.6 Å². The van der Waals surface area contributed by atoms with Crippen LogP contribution in [0.2, 0.25) is 0 Å². The quantitative estimate of drug-likeness (QED) is 0.731. The first-order valence-electron chi connectivity index (χ1n) is 8.76. The Morgan fingerprint density at radius 1 is 1.15 bits per heavy atom. The van der Waals surface area contributed by atoms with E-state index >= 15 is 0 Å². The van der Waals surface area contributed by atoms with Crippen molar-refractivity contribution in [2.24, 2.45) is 0 Å². The number of anilines is 1. The van der Waals surface area contributed by atoms with Gasteiger partial charge in [0.25, 0.3) is 5.91 Å². The minimum absolute atomic E-state index is 0.179. The Labute approximate surface area is 162 Å². The molecule has 2 heterocycles. The molecule has 0 saturated carbocycles. The van der Waals surface area contributed by atoms with E-state index in [1.165, 1.54) is 11.3 Å². The van der Waals surface area contributed by atoms with Crippen LogP contribution in [0.15, 0.2) is 24.3 Å². The molecule has 0 bridgehead atoms. The molecule has 0 radical (unpaired) electrons. The van der Waals surface area contributed by atoms with Gasteiger partial charge < -0.3 is 19.3 Å². The van der Waals surface area contributed by atoms with Crippen LogP contribution in [0, 0.1) is 13.8 Å². The minimum Gasteiger partial charge on any atom is -0.495 e. The first kappa shape index (κ1) is 19.2. The van der Waals surface area contributed by atoms with E-state index in [1.807, 2.05) is 31.2 Å². The van der Waals surface area contributed by atoms with Gasteiger partial charge in [-0.2, -0.15) is 0 Å². The van der Waals surface area contributed by atoms with Gasteiger partial charge in [0.05, 0.1) is 23.5 Å². The Morgan fingerprint density at radius 3 is 2.48 bits per heavy atom. The molecular formula is C19H23N3O4S. The van der Waals surface area contributed by atoms with Gasteiger partial charge in [-0.3, -0.25) is 4.79 Å². The highest BCUT2D eigenvalue weighted by molar-refractivity contribution is 7.13. The third-order valence-corrected chi connectivity index (χ3v) is 5.53. The van der Waals surface area contributed by atoms with Gasteiger partial charge >= 0.3 is 5.97 Å². The van der Waals surface area contributed by atoms with Crippen molar-refractivity contribution in [2.45, 2.75) is 13.8 Å². The van der Waals surface area contributed by atoms with Crippen LogP contribution in [-0.4, -0.2) is 61.7 Å².